The summed E-state index contributed by atoms with van der Waals surface area (Å²) in [5.41, 5.74) is 0. The lowest BCUT2D eigenvalue weighted by Crippen LogP contribution is -2.16. The first-order chi connectivity index (χ1) is 4.85. The molecule has 0 aromatic carbocycles. The zero-order valence-corrected chi connectivity index (χ0v) is 5.78. The molecule has 10 heavy (non-hydrogen) atoms. The molecule has 0 spiro atoms. The van der Waals surface area contributed by atoms with E-state index < -0.39 is 6.10 Å². The lowest BCUT2D eigenvalue weighted by atomic mass is 10.3. The van der Waals surface area contributed by atoms with Gasteiger partial charge >= 0.3 is 0 Å². The van der Waals surface area contributed by atoms with E-state index in [9.17, 15) is 9.59 Å². The van der Waals surface area contributed by atoms with Gasteiger partial charge < -0.3 is 19.1 Å². The van der Waals surface area contributed by atoms with Gasteiger partial charge in [0.05, 0.1) is 0 Å². The molecular weight excluding hydrogens is 136 g/mol. The Balaban J connectivity index is 3.38. The summed E-state index contributed by atoms with van der Waals surface area (Å²) in [6.45, 7) is 0.0389. The highest BCUT2D eigenvalue weighted by molar-refractivity contribution is 5.63. The SMILES string of the molecule is COCOC(C=O)CC=O. The van der Waals surface area contributed by atoms with Gasteiger partial charge in [-0.1, -0.05) is 0 Å². The first kappa shape index (κ1) is 9.26. The van der Waals surface area contributed by atoms with Crippen molar-refractivity contribution < 1.29 is 19.1 Å². The third-order valence-electron chi connectivity index (χ3n) is 0.880. The van der Waals surface area contributed by atoms with Crippen LogP contribution in [-0.2, 0) is 19.1 Å². The molecule has 0 N–H and O–H groups in total. The van der Waals surface area contributed by atoms with Gasteiger partial charge in [0.25, 0.3) is 0 Å². The molecule has 58 valence electrons. The maximum atomic E-state index is 10.1. The first-order valence-corrected chi connectivity index (χ1v) is 2.84. The van der Waals surface area contributed by atoms with Gasteiger partial charge in [0.2, 0.25) is 0 Å². The Morgan fingerprint density at radius 2 is 2.20 bits per heavy atom. The minimum absolute atomic E-state index is 0.0389. The fourth-order valence-electron chi connectivity index (χ4n) is 0.413. The molecule has 0 radical (unpaired) electrons. The van der Waals surface area contributed by atoms with Gasteiger partial charge in [-0.25, -0.2) is 0 Å². The number of carbonyl (C=O) groups is 2. The van der Waals surface area contributed by atoms with Crippen LogP contribution in [0.2, 0.25) is 0 Å². The Bertz CT molecular complexity index is 102. The summed E-state index contributed by atoms with van der Waals surface area (Å²) in [7, 11) is 1.45. The number of methoxy groups -OCH3 is 1. The molecule has 0 aromatic heterocycles. The molecule has 0 bridgehead atoms. The van der Waals surface area contributed by atoms with E-state index in [0.29, 0.717) is 12.6 Å². The number of carbonyl (C=O) groups excluding carboxylic acids is 2. The highest BCUT2D eigenvalue weighted by Crippen LogP contribution is 1.91. The van der Waals surface area contributed by atoms with Gasteiger partial charge in [0, 0.05) is 13.5 Å². The van der Waals surface area contributed by atoms with Crippen molar-refractivity contribution in [2.75, 3.05) is 13.9 Å². The zero-order chi connectivity index (χ0) is 7.82. The Morgan fingerprint density at radius 3 is 2.60 bits per heavy atom. The number of hydrogen-bond acceptors (Lipinski definition) is 4. The maximum absolute atomic E-state index is 10.1. The van der Waals surface area contributed by atoms with Crippen LogP contribution < -0.4 is 0 Å². The Morgan fingerprint density at radius 1 is 1.50 bits per heavy atom. The van der Waals surface area contributed by atoms with E-state index in [1.54, 1.807) is 0 Å². The van der Waals surface area contributed by atoms with Crippen molar-refractivity contribution in [1.29, 1.82) is 0 Å². The van der Waals surface area contributed by atoms with Crippen molar-refractivity contribution in [3.8, 4) is 0 Å². The average Bonchev–Trinajstić information content (AvgIpc) is 1.98. The number of aldehydes is 2. The molecule has 4 nitrogen and oxygen atoms in total. The van der Waals surface area contributed by atoms with Crippen LogP contribution in [-0.4, -0.2) is 32.6 Å². The van der Waals surface area contributed by atoms with Crippen molar-refractivity contribution in [1.82, 2.24) is 0 Å². The molecule has 0 aromatic rings. The van der Waals surface area contributed by atoms with Crippen molar-refractivity contribution in [2.45, 2.75) is 12.5 Å². The third-order valence-corrected chi connectivity index (χ3v) is 0.880. The van der Waals surface area contributed by atoms with E-state index in [-0.39, 0.29) is 13.2 Å². The van der Waals surface area contributed by atoms with Crippen molar-refractivity contribution in [3.05, 3.63) is 0 Å². The Kier molecular flexibility index (Phi) is 5.91. The van der Waals surface area contributed by atoms with Crippen LogP contribution in [0.15, 0.2) is 0 Å². The second kappa shape index (κ2) is 6.38. The molecule has 0 heterocycles. The molecule has 0 saturated heterocycles. The molecule has 0 fully saturated rings. The van der Waals surface area contributed by atoms with Gasteiger partial charge in [0.15, 0.2) is 0 Å². The monoisotopic (exact) mass is 146 g/mol. The van der Waals surface area contributed by atoms with Crippen molar-refractivity contribution in [2.24, 2.45) is 0 Å². The minimum Gasteiger partial charge on any atom is -0.359 e. The van der Waals surface area contributed by atoms with Gasteiger partial charge in [-0.2, -0.15) is 0 Å². The summed E-state index contributed by atoms with van der Waals surface area (Å²) in [5, 5.41) is 0. The molecule has 0 saturated carbocycles. The van der Waals surface area contributed by atoms with E-state index in [4.69, 9.17) is 4.74 Å². The predicted molar refractivity (Wildman–Crippen MR) is 33.5 cm³/mol. The standard InChI is InChI=1S/C6H10O4/c1-9-5-10-6(4-8)2-3-7/h3-4,6H,2,5H2,1H3. The predicted octanol–water partition coefficient (Wildman–Crippen LogP) is -0.237. The number of rotatable bonds is 6. The van der Waals surface area contributed by atoms with E-state index >= 15 is 0 Å². The summed E-state index contributed by atoms with van der Waals surface area (Å²) in [5.74, 6) is 0. The smallest absolute Gasteiger partial charge is 0.149 e. The van der Waals surface area contributed by atoms with Crippen LogP contribution in [0.5, 0.6) is 0 Å². The molecule has 0 aliphatic heterocycles. The van der Waals surface area contributed by atoms with Crippen LogP contribution in [0.25, 0.3) is 0 Å². The van der Waals surface area contributed by atoms with Crippen molar-refractivity contribution in [3.63, 3.8) is 0 Å². The summed E-state index contributed by atoms with van der Waals surface area (Å²) in [6, 6.07) is 0. The maximum Gasteiger partial charge on any atom is 0.149 e. The Labute approximate surface area is 59.1 Å². The molecule has 0 rings (SSSR count). The second-order valence-corrected chi connectivity index (χ2v) is 1.65. The molecule has 0 amide bonds. The lowest BCUT2D eigenvalue weighted by Gasteiger charge is -2.05. The zero-order valence-electron chi connectivity index (χ0n) is 5.78. The van der Waals surface area contributed by atoms with Gasteiger partial charge in [-0.05, 0) is 0 Å². The molecule has 1 unspecified atom stereocenters. The summed E-state index contributed by atoms with van der Waals surface area (Å²) >= 11 is 0. The van der Waals surface area contributed by atoms with Crippen LogP contribution >= 0.6 is 0 Å². The van der Waals surface area contributed by atoms with E-state index in [0.717, 1.165) is 0 Å². The fourth-order valence-corrected chi connectivity index (χ4v) is 0.413. The molecule has 4 heteroatoms. The van der Waals surface area contributed by atoms with Gasteiger partial charge in [-0.3, -0.25) is 0 Å². The summed E-state index contributed by atoms with van der Waals surface area (Å²) < 4.78 is 9.28. The second-order valence-electron chi connectivity index (χ2n) is 1.65. The number of ether oxygens (including phenoxy) is 2. The summed E-state index contributed by atoms with van der Waals surface area (Å²) in [6.07, 6.45) is 0.645. The van der Waals surface area contributed by atoms with Crippen LogP contribution in [0, 0.1) is 0 Å². The number of hydrogen-bond donors (Lipinski definition) is 0. The van der Waals surface area contributed by atoms with Crippen LogP contribution in [0.4, 0.5) is 0 Å². The largest absolute Gasteiger partial charge is 0.359 e. The molecular formula is C6H10O4. The lowest BCUT2D eigenvalue weighted by molar-refractivity contribution is -0.131. The third kappa shape index (κ3) is 4.17. The summed E-state index contributed by atoms with van der Waals surface area (Å²) in [4.78, 5) is 19.9. The minimum atomic E-state index is -0.655. The van der Waals surface area contributed by atoms with Crippen molar-refractivity contribution >= 4 is 12.6 Å². The highest BCUT2D eigenvalue weighted by atomic mass is 16.7. The normalized spacial score (nSPS) is 12.5. The van der Waals surface area contributed by atoms with E-state index in [1.165, 1.54) is 7.11 Å². The average molecular weight is 146 g/mol. The quantitative estimate of drug-likeness (QED) is 0.383. The molecule has 1 atom stereocenters. The molecule has 0 aliphatic rings. The fraction of sp³-hybridized carbons (Fsp3) is 0.667. The Hall–Kier alpha value is -0.740. The topological polar surface area (TPSA) is 52.6 Å². The van der Waals surface area contributed by atoms with E-state index in [2.05, 4.69) is 4.74 Å². The van der Waals surface area contributed by atoms with E-state index in [1.807, 2.05) is 0 Å². The molecule has 0 aliphatic carbocycles. The highest BCUT2D eigenvalue weighted by Gasteiger charge is 2.04. The van der Waals surface area contributed by atoms with Gasteiger partial charge in [-0.15, -0.1) is 0 Å². The van der Waals surface area contributed by atoms with Gasteiger partial charge in [0.1, 0.15) is 25.5 Å². The first-order valence-electron chi connectivity index (χ1n) is 2.84. The van der Waals surface area contributed by atoms with Crippen LogP contribution in [0.1, 0.15) is 6.42 Å². The van der Waals surface area contributed by atoms with Crippen LogP contribution in [0.3, 0.4) is 0 Å².